The Hall–Kier alpha value is -11.3. The number of carboxylic acid groups (broad SMARTS) is 1. The fraction of sp³-hybridized carbons (Fsp3) is 0.247. The zero-order valence-electron chi connectivity index (χ0n) is 60.7. The number of carbonyl (C=O) groups excluding carboxylic acids is 6. The number of para-hydroxylation sites is 4. The van der Waals surface area contributed by atoms with Crippen molar-refractivity contribution in [2.45, 2.75) is 72.9 Å². The molecule has 8 aromatic carbocycles. The number of hydrogen-bond acceptors (Lipinski definition) is 19. The number of benzene rings is 8. The van der Waals surface area contributed by atoms with E-state index in [1.807, 2.05) is 24.3 Å². The van der Waals surface area contributed by atoms with Crippen molar-refractivity contribution in [2.24, 2.45) is 49.8 Å². The maximum atomic E-state index is 14.4. The second-order valence-corrected chi connectivity index (χ2v) is 31.7. The van der Waals surface area contributed by atoms with Gasteiger partial charge in [0, 0.05) is 109 Å². The molecule has 4 spiro atoms. The minimum atomic E-state index is -1.24. The van der Waals surface area contributed by atoms with Gasteiger partial charge < -0.3 is 34.6 Å². The number of carbonyl (C=O) groups is 7. The summed E-state index contributed by atoms with van der Waals surface area (Å²) in [6, 6.07) is 41.0. The molecular weight excluding hydrogens is 1570 g/mol. The zero-order valence-corrected chi connectivity index (χ0v) is 64.0. The number of fused-ring (bicyclic) bond motifs is 8. The first-order valence-corrected chi connectivity index (χ1v) is 38.5. The van der Waals surface area contributed by atoms with Gasteiger partial charge in [-0.1, -0.05) is 126 Å². The van der Waals surface area contributed by atoms with E-state index in [1.165, 1.54) is 59.5 Å². The molecule has 0 radical (unpaired) electrons. The van der Waals surface area contributed by atoms with Crippen molar-refractivity contribution in [2.75, 3.05) is 26.4 Å². The number of nitrogens with two attached hydrogens (primary N) is 1. The molecule has 8 unspecified atom stereocenters. The van der Waals surface area contributed by atoms with Crippen LogP contribution in [0.15, 0.2) is 203 Å². The van der Waals surface area contributed by atoms with E-state index in [9.17, 15) is 73.8 Å². The van der Waals surface area contributed by atoms with Crippen LogP contribution < -0.4 is 24.7 Å². The highest BCUT2D eigenvalue weighted by Crippen LogP contribution is 2.62. The number of halogens is 8. The Labute approximate surface area is 663 Å². The Morgan fingerprint density at radius 3 is 0.930 bits per heavy atom. The minimum Gasteiger partial charge on any atom is -0.493 e. The van der Waals surface area contributed by atoms with Gasteiger partial charge in [0.2, 0.25) is 29.5 Å². The predicted octanol–water partition coefficient (Wildman–Crippen LogP) is 14.8. The molecule has 8 heterocycles. The zero-order chi connectivity index (χ0) is 81.3. The normalized spacial score (nSPS) is 23.0. The Kier molecular flexibility index (Phi) is 23.4. The van der Waals surface area contributed by atoms with Gasteiger partial charge in [0.25, 0.3) is 0 Å². The molecule has 0 aromatic heterocycles. The number of nitrogens with zero attached hydrogens (tertiary/aromatic N) is 8. The van der Waals surface area contributed by atoms with E-state index in [4.69, 9.17) is 24.7 Å². The summed E-state index contributed by atoms with van der Waals surface area (Å²) in [6.45, 7) is 9.92. The minimum absolute atomic E-state index is 0.0260. The first-order valence-electron chi connectivity index (χ1n) is 35.2. The van der Waals surface area contributed by atoms with Crippen LogP contribution in [-0.2, 0) is 53.0 Å². The van der Waals surface area contributed by atoms with Gasteiger partial charge in [-0.05, 0) is 103 Å². The number of amides is 5. The summed E-state index contributed by atoms with van der Waals surface area (Å²) in [4.78, 5) is 80.4. The maximum Gasteiger partial charge on any atom is 0.303 e. The Balaban J connectivity index is 0.000000133. The molecular formula is C81H67F8N9O12S4. The van der Waals surface area contributed by atoms with Crippen molar-refractivity contribution in [3.63, 3.8) is 0 Å². The van der Waals surface area contributed by atoms with Gasteiger partial charge in [0.05, 0.1) is 32.8 Å². The molecule has 114 heavy (non-hydrogen) atoms. The van der Waals surface area contributed by atoms with Crippen molar-refractivity contribution in [1.29, 1.82) is 0 Å². The van der Waals surface area contributed by atoms with E-state index in [1.54, 1.807) is 78.9 Å². The van der Waals surface area contributed by atoms with E-state index in [-0.39, 0.29) is 99.2 Å². The summed E-state index contributed by atoms with van der Waals surface area (Å²) in [5.41, 5.74) is 7.95. The van der Waals surface area contributed by atoms with E-state index in [0.29, 0.717) is 52.7 Å². The van der Waals surface area contributed by atoms with E-state index < -0.39 is 107 Å². The second-order valence-electron chi connectivity index (χ2n) is 26.8. The molecule has 21 nitrogen and oxygen atoms in total. The number of hydrogen-bond donors (Lipinski definition) is 2. The molecule has 588 valence electrons. The summed E-state index contributed by atoms with van der Waals surface area (Å²) in [5.74, 6) is -7.69. The van der Waals surface area contributed by atoms with E-state index >= 15 is 0 Å². The average Bonchev–Trinajstić information content (AvgIpc) is 1.53. The number of ether oxygens (including phenoxy) is 4. The third-order valence-electron chi connectivity index (χ3n) is 19.6. The summed E-state index contributed by atoms with van der Waals surface area (Å²) in [5, 5.41) is 32.6. The summed E-state index contributed by atoms with van der Waals surface area (Å²) >= 11 is 4.55. The highest BCUT2D eigenvalue weighted by molar-refractivity contribution is 8.16. The van der Waals surface area contributed by atoms with Crippen molar-refractivity contribution in [3.8, 4) is 23.0 Å². The smallest absolute Gasteiger partial charge is 0.303 e. The first-order chi connectivity index (χ1) is 54.6. The van der Waals surface area contributed by atoms with Crippen molar-refractivity contribution >= 4 is 109 Å². The molecule has 8 aliphatic heterocycles. The molecule has 0 bridgehead atoms. The quantitative estimate of drug-likeness (QED) is 0.0654. The van der Waals surface area contributed by atoms with Crippen LogP contribution in [0.5, 0.6) is 23.0 Å². The SMILES string of the molecule is C=CCC1COc2ccccc2C12SC(c1cc(F)ccc1F)=NN2C(C)=O.CC(=O)N1N=C(c2cc(F)ccc2F)SC12c1ccccc1OCC2CC(=O)O.CC(=O)N1N=C(c2cc(F)ccc2F)SC12c1ccccc1OCC2CC(N)=O.CC(=O)N1N=C(c2cc(F)ccc2F)SC12c1ccccc1OCC2CC=O. The molecule has 5 amide bonds. The van der Waals surface area contributed by atoms with Crippen molar-refractivity contribution in [3.05, 3.63) is 274 Å². The first kappa shape index (κ1) is 80.7. The number of rotatable bonds is 12. The molecule has 8 aliphatic rings. The van der Waals surface area contributed by atoms with Gasteiger partial charge in [-0.2, -0.15) is 20.4 Å². The molecule has 0 saturated heterocycles. The lowest BCUT2D eigenvalue weighted by Gasteiger charge is -2.44. The van der Waals surface area contributed by atoms with Crippen LogP contribution in [0.2, 0.25) is 0 Å². The van der Waals surface area contributed by atoms with Gasteiger partial charge in [-0.25, -0.2) is 55.2 Å². The van der Waals surface area contributed by atoms with Crippen LogP contribution in [0.3, 0.4) is 0 Å². The molecule has 16 rings (SSSR count). The van der Waals surface area contributed by atoms with Crippen LogP contribution in [-0.4, -0.2) is 114 Å². The lowest BCUT2D eigenvalue weighted by atomic mass is 9.86. The number of hydrazone groups is 4. The number of thioether (sulfide) groups is 4. The fourth-order valence-electron chi connectivity index (χ4n) is 14.8. The average molecular weight is 1640 g/mol. The topological polar surface area (TPSA) is 265 Å². The van der Waals surface area contributed by atoms with E-state index in [2.05, 4.69) is 27.0 Å². The monoisotopic (exact) mass is 1640 g/mol. The van der Waals surface area contributed by atoms with Gasteiger partial charge in [-0.3, -0.25) is 28.8 Å². The van der Waals surface area contributed by atoms with Gasteiger partial charge in [0.15, 0.2) is 19.5 Å². The standard InChI is InChI=1S/C21H18F2N2O2S.C20H17F2N3O3S.C20H16F2N2O4S.C20H16F2N2O3S/c1-3-6-14-12-27-19-8-5-4-7-17(19)21(14)25(13(2)26)24-20(28-21)16-11-15(22)9-10-18(16)23;1-11(26)25-20(29-19(24-25)14-9-13(21)6-7-16(14)22)12(8-18(23)27)10-28-17-5-3-2-4-15(17)20;1-11(25)24-20(29-19(23-24)14-9-13(21)6-7-16(14)22)12(8-18(26)27)10-28-17-5-3-2-4-15(17)20;1-12(26)24-20(28-19(23-24)15-10-14(21)6-7-17(15)22)13(8-9-25)11-27-18-5-3-2-4-16(18)20/h3-5,7-11,14H,1,6,12H2,2H3;2-7,9,12H,8,10H2,1H3,(H2,23,27);2-7,9,12H,8,10H2,1H3,(H,26,27);2-7,9-10,13H,8,11H2,1H3. The lowest BCUT2D eigenvalue weighted by molar-refractivity contribution is -0.143. The molecule has 8 atom stereocenters. The third kappa shape index (κ3) is 15.0. The maximum absolute atomic E-state index is 14.4. The van der Waals surface area contributed by atoms with Gasteiger partial charge in [-0.15, -0.1) is 6.58 Å². The predicted molar refractivity (Wildman–Crippen MR) is 412 cm³/mol. The van der Waals surface area contributed by atoms with Crippen LogP contribution in [0.25, 0.3) is 0 Å². The van der Waals surface area contributed by atoms with Crippen LogP contribution in [0.1, 0.15) is 97.9 Å². The summed E-state index contributed by atoms with van der Waals surface area (Å²) < 4.78 is 136. The Morgan fingerprint density at radius 2 is 0.675 bits per heavy atom. The van der Waals surface area contributed by atoms with Crippen LogP contribution in [0, 0.1) is 70.2 Å². The third-order valence-corrected chi connectivity index (χ3v) is 25.8. The van der Waals surface area contributed by atoms with Crippen LogP contribution in [0.4, 0.5) is 35.1 Å². The Morgan fingerprint density at radius 1 is 0.421 bits per heavy atom. The fourth-order valence-corrected chi connectivity index (χ4v) is 20.9. The van der Waals surface area contributed by atoms with Crippen molar-refractivity contribution in [1.82, 2.24) is 20.0 Å². The second kappa shape index (κ2) is 33.0. The van der Waals surface area contributed by atoms with Crippen LogP contribution >= 0.6 is 47.0 Å². The lowest BCUT2D eigenvalue weighted by Crippen LogP contribution is -2.51. The molecule has 8 aromatic rings. The number of allylic oxidation sites excluding steroid dienone is 1. The van der Waals surface area contributed by atoms with Crippen molar-refractivity contribution < 1.29 is 92.7 Å². The summed E-state index contributed by atoms with van der Waals surface area (Å²) in [7, 11) is 0. The number of carboxylic acids is 1. The Bertz CT molecular complexity index is 5050. The van der Waals surface area contributed by atoms with Gasteiger partial charge in [0.1, 0.15) is 96.0 Å². The largest absolute Gasteiger partial charge is 0.493 e. The van der Waals surface area contributed by atoms with E-state index in [0.717, 1.165) is 120 Å². The highest BCUT2D eigenvalue weighted by atomic mass is 32.2. The molecule has 0 aliphatic carbocycles. The summed E-state index contributed by atoms with van der Waals surface area (Å²) in [6.07, 6.45) is 2.87. The molecule has 0 saturated carbocycles. The number of primary amides is 1. The molecule has 3 N–H and O–H groups in total. The van der Waals surface area contributed by atoms with Gasteiger partial charge >= 0.3 is 5.97 Å². The molecule has 33 heteroatoms. The number of aliphatic carboxylic acids is 1. The molecule has 0 fully saturated rings. The highest BCUT2D eigenvalue weighted by Gasteiger charge is 2.61. The number of aldehydes is 1.